The molecular formula is C13H13ClN4S. The molecular weight excluding hydrogens is 280 g/mol. The van der Waals surface area contributed by atoms with Crippen LogP contribution in [0.4, 0.5) is 0 Å². The van der Waals surface area contributed by atoms with Gasteiger partial charge in [-0.2, -0.15) is 9.78 Å². The average Bonchev–Trinajstić information content (AvgIpc) is 2.78. The second-order valence-corrected chi connectivity index (χ2v) is 4.94. The van der Waals surface area contributed by atoms with Gasteiger partial charge in [0.25, 0.3) is 0 Å². The minimum absolute atomic E-state index is 0.548. The van der Waals surface area contributed by atoms with Crippen LogP contribution in [0.3, 0.4) is 0 Å². The van der Waals surface area contributed by atoms with Gasteiger partial charge in [-0.25, -0.2) is 0 Å². The van der Waals surface area contributed by atoms with Gasteiger partial charge in [-0.05, 0) is 24.8 Å². The Morgan fingerprint density at radius 1 is 1.32 bits per heavy atom. The Labute approximate surface area is 121 Å². The first-order chi connectivity index (χ1) is 9.20. The van der Waals surface area contributed by atoms with E-state index in [1.165, 1.54) is 11.8 Å². The molecule has 0 saturated carbocycles. The molecule has 98 valence electrons. The summed E-state index contributed by atoms with van der Waals surface area (Å²) in [5.74, 6) is 0.727. The molecule has 0 radical (unpaired) electrons. The van der Waals surface area contributed by atoms with E-state index in [0.717, 1.165) is 16.5 Å². The predicted molar refractivity (Wildman–Crippen MR) is 80.7 cm³/mol. The molecule has 1 heterocycles. The fourth-order valence-electron chi connectivity index (χ4n) is 1.46. The van der Waals surface area contributed by atoms with Crippen LogP contribution < -0.4 is 0 Å². The summed E-state index contributed by atoms with van der Waals surface area (Å²) in [5, 5.41) is 13.5. The Balaban J connectivity index is 2.18. The largest absolute Gasteiger partial charge is 0.211 e. The number of thioether (sulfide) groups is 1. The number of benzene rings is 1. The Morgan fingerprint density at radius 2 is 2.05 bits per heavy atom. The van der Waals surface area contributed by atoms with Crippen LogP contribution in [0.15, 0.2) is 45.6 Å². The Morgan fingerprint density at radius 3 is 2.74 bits per heavy atom. The molecule has 0 N–H and O–H groups in total. The maximum absolute atomic E-state index is 6.13. The summed E-state index contributed by atoms with van der Waals surface area (Å²) in [6.07, 6.45) is 5.37. The number of hydrogen-bond donors (Lipinski definition) is 0. The molecule has 6 heteroatoms. The molecule has 0 fully saturated rings. The van der Waals surface area contributed by atoms with Crippen molar-refractivity contribution in [2.24, 2.45) is 5.10 Å². The van der Waals surface area contributed by atoms with Crippen LogP contribution in [0.1, 0.15) is 11.4 Å². The van der Waals surface area contributed by atoms with Gasteiger partial charge in [-0.1, -0.05) is 53.7 Å². The van der Waals surface area contributed by atoms with Crippen LogP contribution >= 0.6 is 23.4 Å². The SMILES string of the molecule is CSc1nnc(C)n1N=C/C(Cl)=C/c1ccccc1. The quantitative estimate of drug-likeness (QED) is 0.640. The van der Waals surface area contributed by atoms with E-state index in [0.29, 0.717) is 5.03 Å². The maximum atomic E-state index is 6.13. The lowest BCUT2D eigenvalue weighted by Crippen LogP contribution is -1.94. The highest BCUT2D eigenvalue weighted by atomic mass is 35.5. The number of halogens is 1. The lowest BCUT2D eigenvalue weighted by Gasteiger charge is -1.98. The van der Waals surface area contributed by atoms with Crippen LogP contribution in [0.5, 0.6) is 0 Å². The molecule has 1 aromatic carbocycles. The lowest BCUT2D eigenvalue weighted by atomic mass is 10.2. The summed E-state index contributed by atoms with van der Waals surface area (Å²) < 4.78 is 1.66. The lowest BCUT2D eigenvalue weighted by molar-refractivity contribution is 0.745. The summed E-state index contributed by atoms with van der Waals surface area (Å²) in [4.78, 5) is 0. The second-order valence-electron chi connectivity index (χ2n) is 3.73. The topological polar surface area (TPSA) is 43.1 Å². The monoisotopic (exact) mass is 292 g/mol. The third-order valence-electron chi connectivity index (χ3n) is 2.35. The van der Waals surface area contributed by atoms with Gasteiger partial charge in [-0.15, -0.1) is 10.2 Å². The number of nitrogens with zero attached hydrogens (tertiary/aromatic N) is 4. The van der Waals surface area contributed by atoms with Crippen molar-refractivity contribution in [2.45, 2.75) is 12.1 Å². The third-order valence-corrected chi connectivity index (χ3v) is 3.18. The standard InChI is InChI=1S/C13H13ClN4S/c1-10-16-17-13(19-2)18(10)15-9-12(14)8-11-6-4-3-5-7-11/h3-9H,1-2H3/b12-8-,15-9?. The molecule has 0 bridgehead atoms. The van der Waals surface area contributed by atoms with Crippen molar-refractivity contribution in [1.82, 2.24) is 14.9 Å². The van der Waals surface area contributed by atoms with Crippen molar-refractivity contribution in [2.75, 3.05) is 6.26 Å². The fourth-order valence-corrected chi connectivity index (χ4v) is 2.10. The van der Waals surface area contributed by atoms with Gasteiger partial charge in [0.15, 0.2) is 5.82 Å². The number of aryl methyl sites for hydroxylation is 1. The highest BCUT2D eigenvalue weighted by Crippen LogP contribution is 2.13. The summed E-state index contributed by atoms with van der Waals surface area (Å²) >= 11 is 7.62. The Hall–Kier alpha value is -1.59. The van der Waals surface area contributed by atoms with Crippen molar-refractivity contribution >= 4 is 35.7 Å². The van der Waals surface area contributed by atoms with Gasteiger partial charge in [0.05, 0.1) is 11.2 Å². The smallest absolute Gasteiger partial charge is 0.192 e. The molecule has 2 rings (SSSR count). The molecule has 0 atom stereocenters. The van der Waals surface area contributed by atoms with Crippen molar-refractivity contribution in [3.05, 3.63) is 46.8 Å². The number of rotatable bonds is 4. The van der Waals surface area contributed by atoms with Gasteiger partial charge in [0.1, 0.15) is 0 Å². The van der Waals surface area contributed by atoms with E-state index < -0.39 is 0 Å². The number of hydrogen-bond acceptors (Lipinski definition) is 4. The van der Waals surface area contributed by atoms with Crippen molar-refractivity contribution in [3.63, 3.8) is 0 Å². The van der Waals surface area contributed by atoms with Gasteiger partial charge in [0, 0.05) is 0 Å². The predicted octanol–water partition coefficient (Wildman–Crippen LogP) is 3.42. The molecule has 2 aromatic rings. The number of aromatic nitrogens is 3. The zero-order valence-electron chi connectivity index (χ0n) is 10.6. The molecule has 0 aliphatic rings. The molecule has 0 saturated heterocycles. The molecule has 1 aromatic heterocycles. The van der Waals surface area contributed by atoms with Gasteiger partial charge in [-0.3, -0.25) is 0 Å². The van der Waals surface area contributed by atoms with Crippen molar-refractivity contribution in [1.29, 1.82) is 0 Å². The highest BCUT2D eigenvalue weighted by Gasteiger charge is 2.05. The van der Waals surface area contributed by atoms with Crippen LogP contribution in [-0.2, 0) is 0 Å². The molecule has 4 nitrogen and oxygen atoms in total. The molecule has 0 aliphatic heterocycles. The van der Waals surface area contributed by atoms with E-state index in [1.54, 1.807) is 10.9 Å². The fraction of sp³-hybridized carbons (Fsp3) is 0.154. The number of allylic oxidation sites excluding steroid dienone is 1. The van der Waals surface area contributed by atoms with E-state index in [1.807, 2.05) is 49.6 Å². The van der Waals surface area contributed by atoms with Crippen LogP contribution in [0, 0.1) is 6.92 Å². The first kappa shape index (κ1) is 13.8. The van der Waals surface area contributed by atoms with Gasteiger partial charge in [0.2, 0.25) is 5.16 Å². The summed E-state index contributed by atoms with van der Waals surface area (Å²) in [6, 6.07) is 9.84. The van der Waals surface area contributed by atoms with E-state index in [9.17, 15) is 0 Å². The van der Waals surface area contributed by atoms with Gasteiger partial charge < -0.3 is 0 Å². The van der Waals surface area contributed by atoms with Gasteiger partial charge >= 0.3 is 0 Å². The Bertz CT molecular complexity index is 604. The highest BCUT2D eigenvalue weighted by molar-refractivity contribution is 7.98. The third kappa shape index (κ3) is 3.68. The first-order valence-electron chi connectivity index (χ1n) is 5.63. The summed E-state index contributed by atoms with van der Waals surface area (Å²) in [6.45, 7) is 1.85. The first-order valence-corrected chi connectivity index (χ1v) is 7.23. The maximum Gasteiger partial charge on any atom is 0.211 e. The van der Waals surface area contributed by atoms with Crippen LogP contribution in [0.25, 0.3) is 6.08 Å². The summed E-state index contributed by atoms with van der Waals surface area (Å²) in [7, 11) is 0. The van der Waals surface area contributed by atoms with Crippen LogP contribution in [0.2, 0.25) is 0 Å². The summed E-state index contributed by atoms with van der Waals surface area (Å²) in [5.41, 5.74) is 1.03. The minimum Gasteiger partial charge on any atom is -0.192 e. The molecule has 0 aliphatic carbocycles. The minimum atomic E-state index is 0.548. The van der Waals surface area contributed by atoms with E-state index in [2.05, 4.69) is 15.3 Å². The van der Waals surface area contributed by atoms with Crippen LogP contribution in [-0.4, -0.2) is 27.3 Å². The van der Waals surface area contributed by atoms with E-state index in [4.69, 9.17) is 11.6 Å². The average molecular weight is 293 g/mol. The Kier molecular flexibility index (Phi) is 4.76. The van der Waals surface area contributed by atoms with Crippen molar-refractivity contribution < 1.29 is 0 Å². The normalized spacial score (nSPS) is 12.3. The van der Waals surface area contributed by atoms with E-state index >= 15 is 0 Å². The molecule has 0 amide bonds. The molecule has 0 spiro atoms. The second kappa shape index (κ2) is 6.54. The zero-order chi connectivity index (χ0) is 13.7. The van der Waals surface area contributed by atoms with E-state index in [-0.39, 0.29) is 0 Å². The molecule has 0 unspecified atom stereocenters. The van der Waals surface area contributed by atoms with Crippen molar-refractivity contribution in [3.8, 4) is 0 Å². The molecule has 19 heavy (non-hydrogen) atoms. The zero-order valence-corrected chi connectivity index (χ0v) is 12.2.